The summed E-state index contributed by atoms with van der Waals surface area (Å²) in [5.74, 6) is -0.234. The molecule has 0 spiro atoms. The molecule has 2 aromatic rings. The van der Waals surface area contributed by atoms with Crippen LogP contribution in [0.15, 0.2) is 34.6 Å². The molecule has 0 aliphatic heterocycles. The summed E-state index contributed by atoms with van der Waals surface area (Å²) in [6, 6.07) is 2.88. The molecule has 0 radical (unpaired) electrons. The zero-order chi connectivity index (χ0) is 13.1. The Morgan fingerprint density at radius 3 is 2.89 bits per heavy atom. The Kier molecular flexibility index (Phi) is 3.76. The number of nitrogens with zero attached hydrogens (tertiary/aromatic N) is 2. The Hall–Kier alpha value is -1.69. The van der Waals surface area contributed by atoms with Crippen molar-refractivity contribution in [2.24, 2.45) is 7.05 Å². The summed E-state index contributed by atoms with van der Waals surface area (Å²) in [5.41, 5.74) is 6.18. The zero-order valence-corrected chi connectivity index (χ0v) is 11.0. The Morgan fingerprint density at radius 1 is 1.50 bits per heavy atom. The molecule has 0 fully saturated rings. The van der Waals surface area contributed by atoms with E-state index < -0.39 is 5.82 Å². The molecule has 0 unspecified atom stereocenters. The quantitative estimate of drug-likeness (QED) is 0.865. The third-order valence-corrected chi connectivity index (χ3v) is 3.49. The van der Waals surface area contributed by atoms with Crippen LogP contribution in [0, 0.1) is 5.82 Å². The number of nitrogens with two attached hydrogens (primary N) is 1. The van der Waals surface area contributed by atoms with Crippen LogP contribution in [0.4, 0.5) is 10.1 Å². The molecule has 0 bridgehead atoms. The van der Waals surface area contributed by atoms with Crippen LogP contribution >= 0.6 is 11.8 Å². The van der Waals surface area contributed by atoms with Gasteiger partial charge in [-0.3, -0.25) is 0 Å². The molecular formula is C12H14FN3OS. The van der Waals surface area contributed by atoms with Crippen molar-refractivity contribution in [3.63, 3.8) is 0 Å². The van der Waals surface area contributed by atoms with Gasteiger partial charge in [0.2, 0.25) is 0 Å². The first-order chi connectivity index (χ1) is 8.61. The molecule has 0 atom stereocenters. The van der Waals surface area contributed by atoms with E-state index in [1.807, 2.05) is 17.8 Å². The van der Waals surface area contributed by atoms with E-state index in [1.54, 1.807) is 19.2 Å². The maximum atomic E-state index is 13.5. The lowest BCUT2D eigenvalue weighted by atomic mass is 10.3. The van der Waals surface area contributed by atoms with Crippen LogP contribution in [-0.4, -0.2) is 16.2 Å². The van der Waals surface area contributed by atoms with Gasteiger partial charge in [0.25, 0.3) is 0 Å². The fourth-order valence-electron chi connectivity index (χ4n) is 1.45. The summed E-state index contributed by atoms with van der Waals surface area (Å²) < 4.78 is 20.6. The van der Waals surface area contributed by atoms with Crippen molar-refractivity contribution in [3.8, 4) is 5.75 Å². The molecule has 2 rings (SSSR count). The minimum Gasteiger partial charge on any atom is -0.491 e. The van der Waals surface area contributed by atoms with E-state index in [-0.39, 0.29) is 5.75 Å². The van der Waals surface area contributed by atoms with Crippen LogP contribution in [-0.2, 0) is 7.05 Å². The van der Waals surface area contributed by atoms with E-state index in [0.29, 0.717) is 12.3 Å². The highest BCUT2D eigenvalue weighted by Crippen LogP contribution is 2.35. The summed E-state index contributed by atoms with van der Waals surface area (Å²) in [7, 11) is 1.89. The number of anilines is 1. The number of halogens is 1. The number of nitrogen functional groups attached to an aromatic ring is 1. The van der Waals surface area contributed by atoms with Crippen molar-refractivity contribution in [1.82, 2.24) is 9.55 Å². The van der Waals surface area contributed by atoms with Crippen molar-refractivity contribution >= 4 is 17.4 Å². The number of hydrogen-bond acceptors (Lipinski definition) is 4. The first-order valence-electron chi connectivity index (χ1n) is 5.48. The van der Waals surface area contributed by atoms with E-state index in [0.717, 1.165) is 10.1 Å². The van der Waals surface area contributed by atoms with Gasteiger partial charge < -0.3 is 15.0 Å². The Morgan fingerprint density at radius 2 is 2.28 bits per heavy atom. The Bertz CT molecular complexity index is 556. The first-order valence-corrected chi connectivity index (χ1v) is 6.30. The molecule has 1 heterocycles. The maximum absolute atomic E-state index is 13.5. The molecule has 96 valence electrons. The maximum Gasteiger partial charge on any atom is 0.172 e. The fourth-order valence-corrected chi connectivity index (χ4v) is 2.31. The fraction of sp³-hybridized carbons (Fsp3) is 0.250. The molecule has 0 amide bonds. The number of ether oxygens (including phenoxy) is 1. The largest absolute Gasteiger partial charge is 0.491 e. The number of rotatable bonds is 4. The van der Waals surface area contributed by atoms with Gasteiger partial charge in [0.05, 0.1) is 6.61 Å². The van der Waals surface area contributed by atoms with Gasteiger partial charge in [-0.1, -0.05) is 0 Å². The third-order valence-electron chi connectivity index (χ3n) is 2.34. The standard InChI is InChI=1S/C12H14FN3OS/c1-3-17-10-7-11(9(14)6-8(10)13)18-12-15-4-5-16(12)2/h4-7H,3,14H2,1-2H3. The van der Waals surface area contributed by atoms with Crippen LogP contribution in [0.2, 0.25) is 0 Å². The first kappa shape index (κ1) is 12.8. The lowest BCUT2D eigenvalue weighted by molar-refractivity contribution is 0.321. The van der Waals surface area contributed by atoms with Gasteiger partial charge in [-0.25, -0.2) is 9.37 Å². The second-order valence-corrected chi connectivity index (χ2v) is 4.69. The van der Waals surface area contributed by atoms with Crippen LogP contribution in [0.3, 0.4) is 0 Å². The molecular weight excluding hydrogens is 253 g/mol. The molecule has 0 saturated heterocycles. The highest BCUT2D eigenvalue weighted by Gasteiger charge is 2.11. The van der Waals surface area contributed by atoms with E-state index in [9.17, 15) is 4.39 Å². The lowest BCUT2D eigenvalue weighted by Crippen LogP contribution is -1.98. The average Bonchev–Trinajstić information content (AvgIpc) is 2.71. The molecule has 6 heteroatoms. The summed E-state index contributed by atoms with van der Waals surface area (Å²) >= 11 is 1.38. The van der Waals surface area contributed by atoms with Gasteiger partial charge in [0.1, 0.15) is 0 Å². The summed E-state index contributed by atoms with van der Waals surface area (Å²) in [5, 5.41) is 0.788. The topological polar surface area (TPSA) is 53.1 Å². The van der Waals surface area contributed by atoms with Crippen molar-refractivity contribution in [1.29, 1.82) is 0 Å². The van der Waals surface area contributed by atoms with E-state index >= 15 is 0 Å². The zero-order valence-electron chi connectivity index (χ0n) is 10.2. The van der Waals surface area contributed by atoms with Crippen LogP contribution < -0.4 is 10.5 Å². The third kappa shape index (κ3) is 2.59. The average molecular weight is 267 g/mol. The van der Waals surface area contributed by atoms with Crippen molar-refractivity contribution in [3.05, 3.63) is 30.3 Å². The number of aryl methyl sites for hydroxylation is 1. The molecule has 0 saturated carbocycles. The minimum atomic E-state index is -0.446. The lowest BCUT2D eigenvalue weighted by Gasteiger charge is -2.10. The molecule has 18 heavy (non-hydrogen) atoms. The minimum absolute atomic E-state index is 0.211. The van der Waals surface area contributed by atoms with Crippen LogP contribution in [0.1, 0.15) is 6.92 Å². The predicted octanol–water partition coefficient (Wildman–Crippen LogP) is 2.69. The number of imidazole rings is 1. The normalized spacial score (nSPS) is 10.6. The second kappa shape index (κ2) is 5.30. The SMILES string of the molecule is CCOc1cc(Sc2nccn2C)c(N)cc1F. The van der Waals surface area contributed by atoms with Crippen molar-refractivity contribution < 1.29 is 9.13 Å². The predicted molar refractivity (Wildman–Crippen MR) is 69.3 cm³/mol. The molecule has 1 aromatic carbocycles. The Balaban J connectivity index is 2.32. The highest BCUT2D eigenvalue weighted by molar-refractivity contribution is 7.99. The van der Waals surface area contributed by atoms with Crippen LogP contribution in [0.25, 0.3) is 0 Å². The molecule has 4 nitrogen and oxygen atoms in total. The summed E-state index contributed by atoms with van der Waals surface area (Å²) in [4.78, 5) is 4.92. The number of benzene rings is 1. The molecule has 0 aliphatic carbocycles. The monoisotopic (exact) mass is 267 g/mol. The van der Waals surface area contributed by atoms with E-state index in [1.165, 1.54) is 17.8 Å². The molecule has 1 aromatic heterocycles. The summed E-state index contributed by atoms with van der Waals surface area (Å²) in [6.07, 6.45) is 3.54. The van der Waals surface area contributed by atoms with Crippen molar-refractivity contribution in [2.45, 2.75) is 17.0 Å². The number of hydrogen-bond donors (Lipinski definition) is 1. The number of aromatic nitrogens is 2. The second-order valence-electron chi connectivity index (χ2n) is 3.68. The van der Waals surface area contributed by atoms with Gasteiger partial charge in [-0.15, -0.1) is 0 Å². The van der Waals surface area contributed by atoms with E-state index in [2.05, 4.69) is 4.98 Å². The molecule has 2 N–H and O–H groups in total. The van der Waals surface area contributed by atoms with E-state index in [4.69, 9.17) is 10.5 Å². The van der Waals surface area contributed by atoms with Gasteiger partial charge in [0.15, 0.2) is 16.7 Å². The van der Waals surface area contributed by atoms with Gasteiger partial charge >= 0.3 is 0 Å². The van der Waals surface area contributed by atoms with Crippen molar-refractivity contribution in [2.75, 3.05) is 12.3 Å². The van der Waals surface area contributed by atoms with Gasteiger partial charge in [0, 0.05) is 36.1 Å². The highest BCUT2D eigenvalue weighted by atomic mass is 32.2. The molecule has 0 aliphatic rings. The van der Waals surface area contributed by atoms with Crippen LogP contribution in [0.5, 0.6) is 5.75 Å². The summed E-state index contributed by atoms with van der Waals surface area (Å²) in [6.45, 7) is 2.22. The smallest absolute Gasteiger partial charge is 0.172 e. The van der Waals surface area contributed by atoms with Gasteiger partial charge in [-0.05, 0) is 24.8 Å². The Labute approximate surface area is 109 Å². The van der Waals surface area contributed by atoms with Gasteiger partial charge in [-0.2, -0.15) is 0 Å².